The van der Waals surface area contributed by atoms with E-state index in [1.807, 2.05) is 19.0 Å². The van der Waals surface area contributed by atoms with Gasteiger partial charge in [-0.15, -0.1) is 0 Å². The Morgan fingerprint density at radius 3 is 2.34 bits per heavy atom. The number of benzene rings is 1. The predicted molar refractivity (Wildman–Crippen MR) is 137 cm³/mol. The SMILES string of the molecule is CCC1CCCCC1.CN(C)C1CCCN(c2cc(F)c(S(=O)(=O)Nc3ccncn3)c(F)c2)C1.[HH]. The number of hydrogen-bond acceptors (Lipinski definition) is 6. The summed E-state index contributed by atoms with van der Waals surface area (Å²) in [6.45, 7) is 3.60. The first kappa shape index (κ1) is 27.3. The largest absolute Gasteiger partial charge is 0.370 e. The molecule has 1 aliphatic carbocycles. The van der Waals surface area contributed by atoms with Crippen LogP contribution in [0.4, 0.5) is 20.3 Å². The molecular weight excluding hydrogens is 472 g/mol. The second kappa shape index (κ2) is 12.6. The maximum Gasteiger partial charge on any atom is 0.268 e. The van der Waals surface area contributed by atoms with Gasteiger partial charge in [0.25, 0.3) is 10.0 Å². The summed E-state index contributed by atoms with van der Waals surface area (Å²) in [6.07, 6.45) is 13.3. The van der Waals surface area contributed by atoms with E-state index in [2.05, 4.69) is 26.5 Å². The van der Waals surface area contributed by atoms with Gasteiger partial charge in [0.15, 0.2) is 4.90 Å². The van der Waals surface area contributed by atoms with Crippen molar-refractivity contribution in [3.8, 4) is 0 Å². The zero-order chi connectivity index (χ0) is 25.4. The molecule has 0 bridgehead atoms. The van der Waals surface area contributed by atoms with E-state index in [-0.39, 0.29) is 13.3 Å². The number of hydrogen-bond donors (Lipinski definition) is 1. The highest BCUT2D eigenvalue weighted by molar-refractivity contribution is 7.92. The molecule has 2 aliphatic rings. The topological polar surface area (TPSA) is 78.4 Å². The summed E-state index contributed by atoms with van der Waals surface area (Å²) in [5.41, 5.74) is 0.331. The molecule has 1 aliphatic heterocycles. The first-order valence-corrected chi connectivity index (χ1v) is 13.9. The third-order valence-electron chi connectivity index (χ3n) is 6.87. The molecule has 7 nitrogen and oxygen atoms in total. The smallest absolute Gasteiger partial charge is 0.268 e. The van der Waals surface area contributed by atoms with Gasteiger partial charge in [-0.2, -0.15) is 0 Å². The highest BCUT2D eigenvalue weighted by Gasteiger charge is 2.28. The number of nitrogens with zero attached hydrogens (tertiary/aromatic N) is 4. The summed E-state index contributed by atoms with van der Waals surface area (Å²) in [4.78, 5) is 10.3. The van der Waals surface area contributed by atoms with Crippen LogP contribution < -0.4 is 9.62 Å². The van der Waals surface area contributed by atoms with Crippen LogP contribution in [-0.4, -0.2) is 56.5 Å². The molecule has 1 saturated carbocycles. The van der Waals surface area contributed by atoms with Crippen LogP contribution in [0.2, 0.25) is 0 Å². The molecule has 0 radical (unpaired) electrons. The molecule has 0 spiro atoms. The summed E-state index contributed by atoms with van der Waals surface area (Å²) < 4.78 is 56.0. The fourth-order valence-corrected chi connectivity index (χ4v) is 5.86. The van der Waals surface area contributed by atoms with E-state index in [9.17, 15) is 17.2 Å². The molecule has 1 saturated heterocycles. The molecule has 1 N–H and O–H groups in total. The van der Waals surface area contributed by atoms with Crippen molar-refractivity contribution in [2.75, 3.05) is 36.8 Å². The second-order valence-corrected chi connectivity index (χ2v) is 11.2. The van der Waals surface area contributed by atoms with Crippen LogP contribution in [0.1, 0.15) is 59.7 Å². The summed E-state index contributed by atoms with van der Waals surface area (Å²) >= 11 is 0. The Kier molecular flexibility index (Phi) is 9.80. The summed E-state index contributed by atoms with van der Waals surface area (Å²) in [5, 5.41) is 0. The molecule has 2 heterocycles. The summed E-state index contributed by atoms with van der Waals surface area (Å²) in [7, 11) is -0.539. The number of nitrogens with one attached hydrogen (secondary N) is 1. The maximum absolute atomic E-state index is 14.6. The molecule has 10 heteroatoms. The number of anilines is 2. The van der Waals surface area contributed by atoms with Gasteiger partial charge in [0.1, 0.15) is 23.8 Å². The lowest BCUT2D eigenvalue weighted by molar-refractivity contribution is 0.258. The van der Waals surface area contributed by atoms with E-state index in [4.69, 9.17) is 0 Å². The molecule has 1 unspecified atom stereocenters. The minimum Gasteiger partial charge on any atom is -0.370 e. The lowest BCUT2D eigenvalue weighted by atomic mass is 9.88. The summed E-state index contributed by atoms with van der Waals surface area (Å²) in [5.74, 6) is -1.27. The van der Waals surface area contributed by atoms with Crippen molar-refractivity contribution >= 4 is 21.5 Å². The number of likely N-dealkylation sites (N-methyl/N-ethyl adjacent to an activating group) is 1. The van der Waals surface area contributed by atoms with Crippen molar-refractivity contribution in [2.24, 2.45) is 5.92 Å². The third-order valence-corrected chi connectivity index (χ3v) is 8.27. The van der Waals surface area contributed by atoms with Gasteiger partial charge in [0, 0.05) is 32.4 Å². The van der Waals surface area contributed by atoms with Crippen LogP contribution in [0.25, 0.3) is 0 Å². The van der Waals surface area contributed by atoms with Crippen LogP contribution >= 0.6 is 0 Å². The molecule has 2 aromatic rings. The minimum absolute atomic E-state index is 0. The normalized spacial score (nSPS) is 19.3. The van der Waals surface area contributed by atoms with Crippen LogP contribution in [0, 0.1) is 17.6 Å². The Hall–Kier alpha value is -2.33. The van der Waals surface area contributed by atoms with Gasteiger partial charge in [0.05, 0.1) is 0 Å². The number of halogens is 2. The highest BCUT2D eigenvalue weighted by atomic mass is 32.2. The van der Waals surface area contributed by atoms with Crippen LogP contribution in [0.3, 0.4) is 0 Å². The monoisotopic (exact) mass is 511 g/mol. The lowest BCUT2D eigenvalue weighted by Crippen LogP contribution is -2.45. The van der Waals surface area contributed by atoms with Crippen LogP contribution in [-0.2, 0) is 10.0 Å². The Morgan fingerprint density at radius 2 is 1.80 bits per heavy atom. The van der Waals surface area contributed by atoms with E-state index in [1.54, 1.807) is 0 Å². The van der Waals surface area contributed by atoms with Gasteiger partial charge in [0.2, 0.25) is 0 Å². The average Bonchev–Trinajstić information content (AvgIpc) is 2.84. The van der Waals surface area contributed by atoms with Crippen molar-refractivity contribution in [1.82, 2.24) is 14.9 Å². The Morgan fingerprint density at radius 1 is 1.11 bits per heavy atom. The molecule has 2 fully saturated rings. The fraction of sp³-hybridized carbons (Fsp3) is 0.600. The van der Waals surface area contributed by atoms with Crippen LogP contribution in [0.15, 0.2) is 35.6 Å². The Bertz CT molecular complexity index is 1030. The quantitative estimate of drug-likeness (QED) is 0.566. The van der Waals surface area contributed by atoms with Crippen molar-refractivity contribution in [3.63, 3.8) is 0 Å². The van der Waals surface area contributed by atoms with Crippen molar-refractivity contribution in [2.45, 2.75) is 69.2 Å². The number of aromatic nitrogens is 2. The molecule has 35 heavy (non-hydrogen) atoms. The highest BCUT2D eigenvalue weighted by Crippen LogP contribution is 2.29. The standard InChI is InChI=1S/C17H21F2N5O2S.C8H16.H2/c1-23(2)12-4-3-7-24(10-12)13-8-14(18)17(15(19)9-13)27(25,26)22-16-5-6-20-11-21-16;1-2-8-6-4-3-5-7-8;/h5-6,8-9,11-12H,3-4,7,10H2,1-2H3,(H,20,21,22);8H,2-7H2,1H3;1H. The van der Waals surface area contributed by atoms with E-state index < -0.39 is 26.6 Å². The maximum atomic E-state index is 14.6. The van der Waals surface area contributed by atoms with Crippen LogP contribution in [0.5, 0.6) is 0 Å². The lowest BCUT2D eigenvalue weighted by Gasteiger charge is -2.37. The number of sulfonamides is 1. The van der Waals surface area contributed by atoms with E-state index in [1.165, 1.54) is 50.8 Å². The number of piperidine rings is 1. The zero-order valence-electron chi connectivity index (χ0n) is 20.9. The minimum atomic E-state index is -4.46. The second-order valence-electron chi connectivity index (χ2n) is 9.56. The first-order valence-electron chi connectivity index (χ1n) is 12.4. The van der Waals surface area contributed by atoms with E-state index in [0.717, 1.165) is 37.2 Å². The number of rotatable bonds is 6. The molecule has 1 atom stereocenters. The molecule has 196 valence electrons. The fourth-order valence-electron chi connectivity index (χ4n) is 4.73. The van der Waals surface area contributed by atoms with Gasteiger partial charge in [-0.3, -0.25) is 4.72 Å². The van der Waals surface area contributed by atoms with Crippen molar-refractivity contribution in [3.05, 3.63) is 42.4 Å². The van der Waals surface area contributed by atoms with Crippen molar-refractivity contribution in [1.29, 1.82) is 0 Å². The predicted octanol–water partition coefficient (Wildman–Crippen LogP) is 5.31. The third kappa shape index (κ3) is 7.57. The molecule has 1 aromatic carbocycles. The first-order chi connectivity index (χ1) is 16.7. The Balaban J connectivity index is 0.000000433. The van der Waals surface area contributed by atoms with E-state index in [0.29, 0.717) is 18.8 Å². The molecular formula is C25H39F2N5O2S. The van der Waals surface area contributed by atoms with Gasteiger partial charge in [-0.1, -0.05) is 45.4 Å². The molecule has 1 aromatic heterocycles. The van der Waals surface area contributed by atoms with Gasteiger partial charge >= 0.3 is 0 Å². The zero-order valence-corrected chi connectivity index (χ0v) is 21.7. The van der Waals surface area contributed by atoms with Crippen molar-refractivity contribution < 1.29 is 18.6 Å². The van der Waals surface area contributed by atoms with Gasteiger partial charge < -0.3 is 9.80 Å². The van der Waals surface area contributed by atoms with Gasteiger partial charge in [-0.05, 0) is 51.1 Å². The average molecular weight is 512 g/mol. The molecule has 0 amide bonds. The van der Waals surface area contributed by atoms with E-state index >= 15 is 0 Å². The van der Waals surface area contributed by atoms with Gasteiger partial charge in [-0.25, -0.2) is 27.2 Å². The molecule has 4 rings (SSSR count). The summed E-state index contributed by atoms with van der Waals surface area (Å²) in [6, 6.07) is 3.69. The Labute approximate surface area is 209 Å².